The van der Waals surface area contributed by atoms with Crippen LogP contribution in [0.1, 0.15) is 11.1 Å². The first-order chi connectivity index (χ1) is 15.2. The molecule has 3 aromatic carbocycles. The van der Waals surface area contributed by atoms with Crippen LogP contribution in [0, 0.1) is 11.3 Å². The van der Waals surface area contributed by atoms with E-state index < -0.39 is 0 Å². The highest BCUT2D eigenvalue weighted by molar-refractivity contribution is 9.10. The van der Waals surface area contributed by atoms with Gasteiger partial charge in [0.1, 0.15) is 24.0 Å². The molecular formula is C25H21BrN2O3. The van der Waals surface area contributed by atoms with Gasteiger partial charge in [0.25, 0.3) is 5.91 Å². The van der Waals surface area contributed by atoms with Crippen LogP contribution in [0.25, 0.3) is 16.8 Å². The lowest BCUT2D eigenvalue weighted by Gasteiger charge is -2.26. The summed E-state index contributed by atoms with van der Waals surface area (Å²) in [6, 6.07) is 21.9. The number of nitriles is 1. The fourth-order valence-electron chi connectivity index (χ4n) is 3.54. The Labute approximate surface area is 189 Å². The van der Waals surface area contributed by atoms with Gasteiger partial charge in [-0.1, -0.05) is 48.5 Å². The molecule has 0 radical (unpaired) electrons. The monoisotopic (exact) mass is 476 g/mol. The fourth-order valence-corrected chi connectivity index (χ4v) is 4.05. The second-order valence-corrected chi connectivity index (χ2v) is 8.05. The van der Waals surface area contributed by atoms with E-state index in [1.165, 1.54) is 10.8 Å². The quantitative estimate of drug-likeness (QED) is 0.386. The lowest BCUT2D eigenvalue weighted by Crippen LogP contribution is -2.41. The van der Waals surface area contributed by atoms with E-state index in [2.05, 4.69) is 40.2 Å². The molecule has 0 unspecified atom stereocenters. The van der Waals surface area contributed by atoms with E-state index in [9.17, 15) is 10.1 Å². The third-order valence-electron chi connectivity index (χ3n) is 5.18. The summed E-state index contributed by atoms with van der Waals surface area (Å²) in [5, 5.41) is 11.8. The van der Waals surface area contributed by atoms with Crippen molar-refractivity contribution >= 4 is 38.7 Å². The zero-order valence-corrected chi connectivity index (χ0v) is 18.5. The molecule has 31 heavy (non-hydrogen) atoms. The third kappa shape index (κ3) is 4.96. The first-order valence-electron chi connectivity index (χ1n) is 10.0. The summed E-state index contributed by atoms with van der Waals surface area (Å²) in [6.07, 6.45) is 1.61. The maximum atomic E-state index is 12.6. The van der Waals surface area contributed by atoms with Crippen molar-refractivity contribution < 1.29 is 14.3 Å². The van der Waals surface area contributed by atoms with Crippen molar-refractivity contribution in [3.63, 3.8) is 0 Å². The van der Waals surface area contributed by atoms with Gasteiger partial charge in [-0.3, -0.25) is 4.79 Å². The van der Waals surface area contributed by atoms with Crippen LogP contribution in [0.2, 0.25) is 0 Å². The maximum absolute atomic E-state index is 12.6. The molecule has 0 aliphatic carbocycles. The Kier molecular flexibility index (Phi) is 6.66. The average molecular weight is 477 g/mol. The Morgan fingerprint density at radius 1 is 1.13 bits per heavy atom. The van der Waals surface area contributed by atoms with Crippen LogP contribution in [0.3, 0.4) is 0 Å². The molecule has 1 saturated heterocycles. The number of hydrogen-bond donors (Lipinski definition) is 0. The molecule has 4 rings (SSSR count). The zero-order chi connectivity index (χ0) is 21.6. The summed E-state index contributed by atoms with van der Waals surface area (Å²) in [7, 11) is 0. The van der Waals surface area contributed by atoms with Crippen molar-refractivity contribution in [3.05, 3.63) is 81.8 Å². The lowest BCUT2D eigenvalue weighted by molar-refractivity contribution is -0.130. The van der Waals surface area contributed by atoms with Gasteiger partial charge in [-0.2, -0.15) is 5.26 Å². The van der Waals surface area contributed by atoms with E-state index >= 15 is 0 Å². The van der Waals surface area contributed by atoms with Gasteiger partial charge in [0.15, 0.2) is 0 Å². The second-order valence-electron chi connectivity index (χ2n) is 7.19. The summed E-state index contributed by atoms with van der Waals surface area (Å²) < 4.78 is 12.1. The smallest absolute Gasteiger partial charge is 0.264 e. The van der Waals surface area contributed by atoms with Gasteiger partial charge in [-0.05, 0) is 56.0 Å². The summed E-state index contributed by atoms with van der Waals surface area (Å²) in [6.45, 7) is 2.44. The molecule has 1 amide bonds. The highest BCUT2D eigenvalue weighted by Crippen LogP contribution is 2.29. The number of fused-ring (bicyclic) bond motifs is 1. The van der Waals surface area contributed by atoms with E-state index in [-0.39, 0.29) is 11.5 Å². The Morgan fingerprint density at radius 3 is 2.68 bits per heavy atom. The Morgan fingerprint density at radius 2 is 1.90 bits per heavy atom. The minimum absolute atomic E-state index is 0.109. The minimum Gasteiger partial charge on any atom is -0.488 e. The standard InChI is InChI=1S/C25H21BrN2O3/c26-23-15-18(14-21(16-27)25(29)28-10-12-30-13-11-28)8-9-24(23)31-17-20-6-3-5-19-4-1-2-7-22(19)20/h1-9,14-15H,10-13,17H2/b21-14-. The van der Waals surface area contributed by atoms with Crippen LogP contribution in [0.15, 0.2) is 70.7 Å². The summed E-state index contributed by atoms with van der Waals surface area (Å²) in [5.74, 6) is 0.432. The molecule has 1 heterocycles. The van der Waals surface area contributed by atoms with Crippen LogP contribution in [0.4, 0.5) is 0 Å². The SMILES string of the molecule is N#C/C(=C/c1ccc(OCc2cccc3ccccc23)c(Br)c1)C(=O)N1CCOCC1. The number of rotatable bonds is 5. The van der Waals surface area contributed by atoms with Crippen molar-refractivity contribution in [1.82, 2.24) is 4.90 Å². The molecule has 0 bridgehead atoms. The third-order valence-corrected chi connectivity index (χ3v) is 5.80. The number of ether oxygens (including phenoxy) is 2. The maximum Gasteiger partial charge on any atom is 0.264 e. The molecule has 3 aromatic rings. The molecule has 1 aliphatic rings. The molecule has 1 aliphatic heterocycles. The van der Waals surface area contributed by atoms with Crippen LogP contribution >= 0.6 is 15.9 Å². The number of morpholine rings is 1. The summed E-state index contributed by atoms with van der Waals surface area (Å²) >= 11 is 3.55. The molecule has 0 N–H and O–H groups in total. The van der Waals surface area contributed by atoms with Crippen LogP contribution in [-0.4, -0.2) is 37.1 Å². The number of benzene rings is 3. The minimum atomic E-state index is -0.266. The molecule has 0 spiro atoms. The van der Waals surface area contributed by atoms with Crippen molar-refractivity contribution in [3.8, 4) is 11.8 Å². The largest absolute Gasteiger partial charge is 0.488 e. The van der Waals surface area contributed by atoms with Gasteiger partial charge in [-0.25, -0.2) is 0 Å². The number of carbonyl (C=O) groups is 1. The van der Waals surface area contributed by atoms with Gasteiger partial charge in [0.05, 0.1) is 17.7 Å². The van der Waals surface area contributed by atoms with Crippen LogP contribution in [-0.2, 0) is 16.1 Å². The van der Waals surface area contributed by atoms with E-state index in [0.717, 1.165) is 15.6 Å². The lowest BCUT2D eigenvalue weighted by atomic mass is 10.1. The highest BCUT2D eigenvalue weighted by Gasteiger charge is 2.20. The number of amides is 1. The predicted octanol–water partition coefficient (Wildman–Crippen LogP) is 4.95. The molecule has 1 fully saturated rings. The van der Waals surface area contributed by atoms with Crippen molar-refractivity contribution in [1.29, 1.82) is 5.26 Å². The highest BCUT2D eigenvalue weighted by atomic mass is 79.9. The molecule has 156 valence electrons. The predicted molar refractivity (Wildman–Crippen MR) is 123 cm³/mol. The Bertz CT molecular complexity index is 1170. The molecule has 6 heteroatoms. The average Bonchev–Trinajstić information content (AvgIpc) is 2.82. The molecule has 0 saturated carbocycles. The molecule has 0 atom stereocenters. The van der Waals surface area contributed by atoms with Gasteiger partial charge in [0.2, 0.25) is 0 Å². The second kappa shape index (κ2) is 9.78. The first kappa shape index (κ1) is 21.1. The van der Waals surface area contributed by atoms with Crippen molar-refractivity contribution in [2.24, 2.45) is 0 Å². The molecule has 0 aromatic heterocycles. The number of nitrogens with zero attached hydrogens (tertiary/aromatic N) is 2. The molecule has 5 nitrogen and oxygen atoms in total. The van der Waals surface area contributed by atoms with Crippen LogP contribution in [0.5, 0.6) is 5.75 Å². The number of hydrogen-bond acceptors (Lipinski definition) is 4. The van der Waals surface area contributed by atoms with E-state index in [1.807, 2.05) is 42.5 Å². The topological polar surface area (TPSA) is 62.6 Å². The van der Waals surface area contributed by atoms with Crippen molar-refractivity contribution in [2.45, 2.75) is 6.61 Å². The summed E-state index contributed by atoms with van der Waals surface area (Å²) in [5.41, 5.74) is 1.97. The zero-order valence-electron chi connectivity index (χ0n) is 16.9. The van der Waals surface area contributed by atoms with E-state index in [4.69, 9.17) is 9.47 Å². The number of halogens is 1. The van der Waals surface area contributed by atoms with E-state index in [1.54, 1.807) is 11.0 Å². The molecular weight excluding hydrogens is 456 g/mol. The van der Waals surface area contributed by atoms with Crippen molar-refractivity contribution in [2.75, 3.05) is 26.3 Å². The van der Waals surface area contributed by atoms with Crippen LogP contribution < -0.4 is 4.74 Å². The van der Waals surface area contributed by atoms with Gasteiger partial charge >= 0.3 is 0 Å². The van der Waals surface area contributed by atoms with Gasteiger partial charge in [-0.15, -0.1) is 0 Å². The van der Waals surface area contributed by atoms with Gasteiger partial charge in [0, 0.05) is 13.1 Å². The Balaban J connectivity index is 1.49. The first-order valence-corrected chi connectivity index (χ1v) is 10.8. The Hall–Kier alpha value is -3.14. The normalized spacial score (nSPS) is 14.3. The van der Waals surface area contributed by atoms with E-state index in [0.29, 0.717) is 38.7 Å². The summed E-state index contributed by atoms with van der Waals surface area (Å²) in [4.78, 5) is 14.2. The number of carbonyl (C=O) groups excluding carboxylic acids is 1. The van der Waals surface area contributed by atoms with Gasteiger partial charge < -0.3 is 14.4 Å². The fraction of sp³-hybridized carbons (Fsp3) is 0.200.